The van der Waals surface area contributed by atoms with E-state index in [1.165, 1.54) is 16.4 Å². The third kappa shape index (κ3) is 3.40. The van der Waals surface area contributed by atoms with Crippen molar-refractivity contribution in [2.45, 2.75) is 4.90 Å². The van der Waals surface area contributed by atoms with E-state index in [4.69, 9.17) is 14.2 Å². The lowest BCUT2D eigenvalue weighted by molar-refractivity contribution is 0.146. The van der Waals surface area contributed by atoms with E-state index in [1.807, 2.05) is 0 Å². The Balaban J connectivity index is 1.98. The highest BCUT2D eigenvalue weighted by Gasteiger charge is 2.23. The van der Waals surface area contributed by atoms with Crippen LogP contribution in [0.3, 0.4) is 0 Å². The lowest BCUT2D eigenvalue weighted by Gasteiger charge is -2.39. The van der Waals surface area contributed by atoms with Crippen molar-refractivity contribution in [1.29, 1.82) is 0 Å². The fourth-order valence-electron chi connectivity index (χ4n) is 2.03. The predicted octanol–water partition coefficient (Wildman–Crippen LogP) is 2.54. The minimum atomic E-state index is -0.666. The molecule has 1 aromatic rings. The van der Waals surface area contributed by atoms with Gasteiger partial charge in [-0.05, 0) is 35.4 Å². The molecule has 1 aliphatic heterocycles. The lowest BCUT2D eigenvalue weighted by atomic mass is 10.3. The number of methoxy groups -OCH3 is 1. The maximum atomic E-state index is 5.58. The lowest BCUT2D eigenvalue weighted by Crippen LogP contribution is -2.22. The molecule has 2 rings (SSSR count). The van der Waals surface area contributed by atoms with E-state index < -0.39 is 10.0 Å². The summed E-state index contributed by atoms with van der Waals surface area (Å²) >= 11 is 0. The van der Waals surface area contributed by atoms with Crippen LogP contribution in [0.15, 0.2) is 29.2 Å². The SMILES string of the molecule is COCCOc1ccc(S2(C)CCOCC2)cc1. The van der Waals surface area contributed by atoms with Crippen molar-refractivity contribution >= 4 is 10.0 Å². The van der Waals surface area contributed by atoms with E-state index in [2.05, 4.69) is 30.5 Å². The number of hydrogen-bond acceptors (Lipinski definition) is 3. The smallest absolute Gasteiger partial charge is 0.119 e. The van der Waals surface area contributed by atoms with Crippen LogP contribution < -0.4 is 4.74 Å². The molecule has 18 heavy (non-hydrogen) atoms. The van der Waals surface area contributed by atoms with Crippen LogP contribution in [0, 0.1) is 0 Å². The van der Waals surface area contributed by atoms with Crippen molar-refractivity contribution in [2.24, 2.45) is 0 Å². The van der Waals surface area contributed by atoms with Gasteiger partial charge >= 0.3 is 0 Å². The summed E-state index contributed by atoms with van der Waals surface area (Å²) in [6.07, 6.45) is 2.40. The quantitative estimate of drug-likeness (QED) is 0.770. The Labute approximate surface area is 111 Å². The Kier molecular flexibility index (Phi) is 4.92. The molecule has 0 aromatic heterocycles. The minimum Gasteiger partial charge on any atom is -0.491 e. The van der Waals surface area contributed by atoms with Gasteiger partial charge in [0.05, 0.1) is 19.8 Å². The van der Waals surface area contributed by atoms with Gasteiger partial charge in [-0.3, -0.25) is 0 Å². The summed E-state index contributed by atoms with van der Waals surface area (Å²) in [5, 5.41) is 0. The Bertz CT molecular complexity index is 358. The molecule has 0 atom stereocenters. The summed E-state index contributed by atoms with van der Waals surface area (Å²) in [4.78, 5) is 1.46. The first-order valence-electron chi connectivity index (χ1n) is 6.28. The summed E-state index contributed by atoms with van der Waals surface area (Å²) in [5.41, 5.74) is 0. The van der Waals surface area contributed by atoms with Crippen molar-refractivity contribution in [1.82, 2.24) is 0 Å². The van der Waals surface area contributed by atoms with Gasteiger partial charge in [-0.1, -0.05) is 0 Å². The van der Waals surface area contributed by atoms with Crippen LogP contribution >= 0.6 is 10.0 Å². The maximum absolute atomic E-state index is 5.58. The topological polar surface area (TPSA) is 27.7 Å². The summed E-state index contributed by atoms with van der Waals surface area (Å²) < 4.78 is 16.0. The monoisotopic (exact) mass is 270 g/mol. The molecule has 0 amide bonds. The Morgan fingerprint density at radius 2 is 1.78 bits per heavy atom. The first-order chi connectivity index (χ1) is 8.74. The molecule has 0 saturated carbocycles. The third-order valence-electron chi connectivity index (χ3n) is 3.31. The van der Waals surface area contributed by atoms with Gasteiger partial charge in [0.1, 0.15) is 12.4 Å². The van der Waals surface area contributed by atoms with Gasteiger partial charge in [0.25, 0.3) is 0 Å². The van der Waals surface area contributed by atoms with E-state index >= 15 is 0 Å². The highest BCUT2D eigenvalue weighted by Crippen LogP contribution is 2.53. The molecule has 1 aliphatic rings. The van der Waals surface area contributed by atoms with Gasteiger partial charge in [0.15, 0.2) is 0 Å². The van der Waals surface area contributed by atoms with Crippen LogP contribution in [0.1, 0.15) is 0 Å². The molecule has 3 nitrogen and oxygen atoms in total. The van der Waals surface area contributed by atoms with Crippen molar-refractivity contribution in [3.8, 4) is 5.75 Å². The van der Waals surface area contributed by atoms with Crippen molar-refractivity contribution in [2.75, 3.05) is 51.3 Å². The van der Waals surface area contributed by atoms with Crippen LogP contribution in [0.4, 0.5) is 0 Å². The molecule has 102 valence electrons. The standard InChI is InChI=1S/C14H22O3S/c1-15-7-8-17-13-3-5-14(6-4-13)18(2)11-9-16-10-12-18/h3-6H,7-12H2,1-2H3. The largest absolute Gasteiger partial charge is 0.491 e. The molecule has 1 saturated heterocycles. The fourth-order valence-corrected chi connectivity index (χ4v) is 4.47. The summed E-state index contributed by atoms with van der Waals surface area (Å²) in [6, 6.07) is 8.56. The molecule has 0 spiro atoms. The first kappa shape index (κ1) is 13.7. The van der Waals surface area contributed by atoms with Gasteiger partial charge < -0.3 is 14.2 Å². The van der Waals surface area contributed by atoms with E-state index in [-0.39, 0.29) is 0 Å². The second-order valence-electron chi connectivity index (χ2n) is 4.61. The number of hydrogen-bond donors (Lipinski definition) is 0. The Morgan fingerprint density at radius 1 is 1.11 bits per heavy atom. The summed E-state index contributed by atoms with van der Waals surface area (Å²) in [6.45, 7) is 3.03. The van der Waals surface area contributed by atoms with Gasteiger partial charge in [-0.15, -0.1) is 0 Å². The van der Waals surface area contributed by atoms with Crippen LogP contribution in [0.5, 0.6) is 5.75 Å². The van der Waals surface area contributed by atoms with Crippen molar-refractivity contribution in [3.05, 3.63) is 24.3 Å². The molecular weight excluding hydrogens is 248 g/mol. The Hall–Kier alpha value is -0.710. The molecule has 1 aromatic carbocycles. The molecule has 1 heterocycles. The van der Waals surface area contributed by atoms with Crippen LogP contribution in [-0.2, 0) is 9.47 Å². The first-order valence-corrected chi connectivity index (χ1v) is 8.66. The van der Waals surface area contributed by atoms with E-state index in [0.29, 0.717) is 13.2 Å². The third-order valence-corrected chi connectivity index (χ3v) is 6.85. The zero-order valence-corrected chi connectivity index (χ0v) is 12.0. The van der Waals surface area contributed by atoms with Crippen molar-refractivity contribution < 1.29 is 14.2 Å². The highest BCUT2D eigenvalue weighted by molar-refractivity contribution is 8.33. The molecule has 4 heteroatoms. The van der Waals surface area contributed by atoms with Crippen LogP contribution in [0.2, 0.25) is 0 Å². The summed E-state index contributed by atoms with van der Waals surface area (Å²) in [5.74, 6) is 3.28. The van der Waals surface area contributed by atoms with E-state index in [0.717, 1.165) is 19.0 Å². The highest BCUT2D eigenvalue weighted by atomic mass is 32.3. The van der Waals surface area contributed by atoms with Crippen LogP contribution in [-0.4, -0.2) is 51.3 Å². The van der Waals surface area contributed by atoms with Crippen molar-refractivity contribution in [3.63, 3.8) is 0 Å². The second kappa shape index (κ2) is 6.45. The molecule has 0 radical (unpaired) electrons. The van der Waals surface area contributed by atoms with Gasteiger partial charge in [-0.2, -0.15) is 0 Å². The normalized spacial score (nSPS) is 20.3. The zero-order valence-electron chi connectivity index (χ0n) is 11.2. The Morgan fingerprint density at radius 3 is 2.39 bits per heavy atom. The number of rotatable bonds is 5. The second-order valence-corrected chi connectivity index (χ2v) is 8.44. The average molecular weight is 270 g/mol. The van der Waals surface area contributed by atoms with Crippen LogP contribution in [0.25, 0.3) is 0 Å². The van der Waals surface area contributed by atoms with E-state index in [1.54, 1.807) is 7.11 Å². The zero-order chi connectivity index (χ0) is 12.8. The summed E-state index contributed by atoms with van der Waals surface area (Å²) in [7, 11) is 1.02. The van der Waals surface area contributed by atoms with Gasteiger partial charge in [-0.25, -0.2) is 10.0 Å². The molecule has 0 unspecified atom stereocenters. The molecule has 0 aliphatic carbocycles. The predicted molar refractivity (Wildman–Crippen MR) is 76.1 cm³/mol. The molecule has 0 N–H and O–H groups in total. The molecule has 1 fully saturated rings. The van der Waals surface area contributed by atoms with Gasteiger partial charge in [0.2, 0.25) is 0 Å². The number of ether oxygens (including phenoxy) is 3. The number of benzene rings is 1. The average Bonchev–Trinajstić information content (AvgIpc) is 2.41. The van der Waals surface area contributed by atoms with Gasteiger partial charge in [0, 0.05) is 18.6 Å². The molecule has 0 bridgehead atoms. The fraction of sp³-hybridized carbons (Fsp3) is 0.571. The van der Waals surface area contributed by atoms with E-state index in [9.17, 15) is 0 Å². The minimum absolute atomic E-state index is 0.605. The maximum Gasteiger partial charge on any atom is 0.119 e. The molecular formula is C14H22O3S.